The van der Waals surface area contributed by atoms with Crippen molar-refractivity contribution in [3.8, 4) is 0 Å². The van der Waals surface area contributed by atoms with Crippen LogP contribution in [0.25, 0.3) is 0 Å². The van der Waals surface area contributed by atoms with Crippen LogP contribution in [0, 0.1) is 0 Å². The van der Waals surface area contributed by atoms with Crippen molar-refractivity contribution in [3.63, 3.8) is 0 Å². The quantitative estimate of drug-likeness (QED) is 0.0304. The molecule has 0 rings (SSSR count). The third kappa shape index (κ3) is 32.8. The summed E-state index contributed by atoms with van der Waals surface area (Å²) in [6, 6.07) is -1.25. The first-order valence-corrected chi connectivity index (χ1v) is 20.9. The molecule has 0 aliphatic rings. The summed E-state index contributed by atoms with van der Waals surface area (Å²) in [4.78, 5) is 12.5. The van der Waals surface area contributed by atoms with Gasteiger partial charge in [-0.3, -0.25) is 9.35 Å². The zero-order valence-corrected chi connectivity index (χ0v) is 31.1. The fourth-order valence-corrected chi connectivity index (χ4v) is 6.36. The van der Waals surface area contributed by atoms with Crippen molar-refractivity contribution in [2.75, 3.05) is 5.75 Å². The number of amides is 1. The maximum atomic E-state index is 12.5. The molecular formula is C39H73NO6S. The van der Waals surface area contributed by atoms with Gasteiger partial charge in [-0.2, -0.15) is 8.42 Å². The van der Waals surface area contributed by atoms with E-state index in [1.807, 2.05) is 0 Å². The van der Waals surface area contributed by atoms with Crippen molar-refractivity contribution in [1.82, 2.24) is 5.32 Å². The van der Waals surface area contributed by atoms with Gasteiger partial charge in [-0.25, -0.2) is 0 Å². The normalized spacial score (nSPS) is 14.4. The minimum absolute atomic E-state index is 0.266. The minimum Gasteiger partial charge on any atom is -0.387 e. The van der Waals surface area contributed by atoms with Crippen LogP contribution >= 0.6 is 0 Å². The monoisotopic (exact) mass is 684 g/mol. The fourth-order valence-electron chi connectivity index (χ4n) is 5.63. The molecule has 0 saturated heterocycles. The average Bonchev–Trinajstić information content (AvgIpc) is 3.03. The molecule has 0 heterocycles. The number of allylic oxidation sites excluding steroid dienone is 5. The van der Waals surface area contributed by atoms with E-state index in [1.54, 1.807) is 6.08 Å². The molecule has 0 aromatic carbocycles. The van der Waals surface area contributed by atoms with Gasteiger partial charge in [0.2, 0.25) is 5.91 Å². The summed E-state index contributed by atoms with van der Waals surface area (Å²) in [5, 5.41) is 23.2. The molecule has 0 aliphatic carbocycles. The molecule has 0 aromatic heterocycles. The lowest BCUT2D eigenvalue weighted by Crippen LogP contribution is -2.50. The number of carbonyl (C=O) groups excluding carboxylic acids is 1. The SMILES string of the molecule is CCCC/C=C/CC/C=C/C(O)C(CS(=O)(=O)O)NC(=O)C(O)CCCCCCCC/C=C\CCCCCCCCCCCCCC. The molecule has 47 heavy (non-hydrogen) atoms. The van der Waals surface area contributed by atoms with Crippen LogP contribution in [0.4, 0.5) is 0 Å². The lowest BCUT2D eigenvalue weighted by molar-refractivity contribution is -0.130. The van der Waals surface area contributed by atoms with Crippen molar-refractivity contribution < 1.29 is 28.0 Å². The summed E-state index contributed by atoms with van der Waals surface area (Å²) in [5.41, 5.74) is 0. The highest BCUT2D eigenvalue weighted by Crippen LogP contribution is 2.14. The lowest BCUT2D eigenvalue weighted by atomic mass is 10.0. The second-order valence-corrected chi connectivity index (χ2v) is 14.8. The van der Waals surface area contributed by atoms with E-state index in [2.05, 4.69) is 43.5 Å². The number of aliphatic hydroxyl groups is 2. The number of rotatable bonds is 34. The molecule has 0 fully saturated rings. The zero-order valence-electron chi connectivity index (χ0n) is 30.3. The van der Waals surface area contributed by atoms with E-state index in [0.717, 1.165) is 51.4 Å². The van der Waals surface area contributed by atoms with Gasteiger partial charge in [0.15, 0.2) is 0 Å². The molecule has 0 spiro atoms. The Kier molecular flexibility index (Phi) is 32.0. The van der Waals surface area contributed by atoms with Crippen molar-refractivity contribution in [3.05, 3.63) is 36.5 Å². The Labute approximate surface area is 289 Å². The number of hydrogen-bond donors (Lipinski definition) is 4. The molecule has 1 amide bonds. The molecule has 7 nitrogen and oxygen atoms in total. The van der Waals surface area contributed by atoms with Gasteiger partial charge in [-0.05, 0) is 51.4 Å². The van der Waals surface area contributed by atoms with Crippen LogP contribution in [0.1, 0.15) is 181 Å². The molecule has 4 N–H and O–H groups in total. The van der Waals surface area contributed by atoms with E-state index < -0.39 is 40.0 Å². The summed E-state index contributed by atoms with van der Waals surface area (Å²) in [6.45, 7) is 4.41. The van der Waals surface area contributed by atoms with Gasteiger partial charge in [0.05, 0.1) is 17.9 Å². The highest BCUT2D eigenvalue weighted by atomic mass is 32.2. The number of hydrogen-bond acceptors (Lipinski definition) is 5. The van der Waals surface area contributed by atoms with E-state index in [1.165, 1.54) is 102 Å². The number of unbranched alkanes of at least 4 members (excludes halogenated alkanes) is 21. The van der Waals surface area contributed by atoms with Gasteiger partial charge in [-0.1, -0.05) is 166 Å². The fraction of sp³-hybridized carbons (Fsp3) is 0.821. The molecule has 8 heteroatoms. The molecular weight excluding hydrogens is 610 g/mol. The van der Waals surface area contributed by atoms with Gasteiger partial charge in [0.25, 0.3) is 10.1 Å². The summed E-state index contributed by atoms with van der Waals surface area (Å²) in [7, 11) is -4.44. The maximum Gasteiger partial charge on any atom is 0.267 e. The van der Waals surface area contributed by atoms with Gasteiger partial charge in [0.1, 0.15) is 6.10 Å². The Morgan fingerprint density at radius 1 is 0.574 bits per heavy atom. The highest BCUT2D eigenvalue weighted by molar-refractivity contribution is 7.85. The molecule has 3 atom stereocenters. The Morgan fingerprint density at radius 3 is 1.47 bits per heavy atom. The van der Waals surface area contributed by atoms with Gasteiger partial charge in [0, 0.05) is 0 Å². The molecule has 0 bridgehead atoms. The summed E-state index contributed by atoms with van der Waals surface area (Å²) in [6.07, 6.45) is 39.5. The van der Waals surface area contributed by atoms with Crippen LogP contribution in [0.15, 0.2) is 36.5 Å². The van der Waals surface area contributed by atoms with Crippen LogP contribution < -0.4 is 5.32 Å². The minimum atomic E-state index is -4.44. The Bertz CT molecular complexity index is 901. The van der Waals surface area contributed by atoms with Crippen LogP contribution in [0.3, 0.4) is 0 Å². The summed E-state index contributed by atoms with van der Waals surface area (Å²) < 4.78 is 32.2. The highest BCUT2D eigenvalue weighted by Gasteiger charge is 2.27. The van der Waals surface area contributed by atoms with Crippen LogP contribution in [0.5, 0.6) is 0 Å². The maximum absolute atomic E-state index is 12.5. The lowest BCUT2D eigenvalue weighted by Gasteiger charge is -2.22. The topological polar surface area (TPSA) is 124 Å². The molecule has 0 radical (unpaired) electrons. The molecule has 0 aliphatic heterocycles. The third-order valence-electron chi connectivity index (χ3n) is 8.65. The Morgan fingerprint density at radius 2 is 0.979 bits per heavy atom. The molecule has 3 unspecified atom stereocenters. The Balaban J connectivity index is 3.93. The van der Waals surface area contributed by atoms with Gasteiger partial charge >= 0.3 is 0 Å². The molecule has 0 aromatic rings. The first-order chi connectivity index (χ1) is 22.7. The van der Waals surface area contributed by atoms with E-state index in [-0.39, 0.29) is 6.42 Å². The Hall–Kier alpha value is -1.48. The first-order valence-electron chi connectivity index (χ1n) is 19.3. The predicted molar refractivity (Wildman–Crippen MR) is 199 cm³/mol. The molecule has 276 valence electrons. The van der Waals surface area contributed by atoms with E-state index >= 15 is 0 Å². The van der Waals surface area contributed by atoms with Crippen molar-refractivity contribution in [2.24, 2.45) is 0 Å². The second kappa shape index (κ2) is 33.0. The number of carbonyl (C=O) groups is 1. The summed E-state index contributed by atoms with van der Waals surface area (Å²) >= 11 is 0. The van der Waals surface area contributed by atoms with Gasteiger partial charge in [-0.15, -0.1) is 0 Å². The van der Waals surface area contributed by atoms with Crippen molar-refractivity contribution in [2.45, 2.75) is 199 Å². The largest absolute Gasteiger partial charge is 0.387 e. The number of aliphatic hydroxyl groups excluding tert-OH is 2. The van der Waals surface area contributed by atoms with E-state index in [4.69, 9.17) is 0 Å². The second-order valence-electron chi connectivity index (χ2n) is 13.3. The van der Waals surface area contributed by atoms with Crippen molar-refractivity contribution >= 4 is 16.0 Å². The van der Waals surface area contributed by atoms with E-state index in [9.17, 15) is 28.0 Å². The number of nitrogens with one attached hydrogen (secondary N) is 1. The predicted octanol–water partition coefficient (Wildman–Crippen LogP) is 9.93. The standard InChI is InChI=1S/C39H73NO6S/c1-3-5-7-9-11-13-14-15-16-17-18-19-20-21-22-23-24-25-26-28-30-32-34-38(42)39(43)40-36(35-47(44,45)46)37(41)33-31-29-27-12-10-8-6-4-2/h10,12,21-22,31,33,36-38,41-42H,3-9,11,13-20,23-30,32,34-35H2,1-2H3,(H,40,43)(H,44,45,46)/b12-10+,22-21-,33-31+. The smallest absolute Gasteiger partial charge is 0.267 e. The van der Waals surface area contributed by atoms with Crippen LogP contribution in [0.2, 0.25) is 0 Å². The van der Waals surface area contributed by atoms with Crippen LogP contribution in [-0.2, 0) is 14.9 Å². The van der Waals surface area contributed by atoms with E-state index in [0.29, 0.717) is 12.8 Å². The third-order valence-corrected chi connectivity index (χ3v) is 9.43. The van der Waals surface area contributed by atoms with Crippen LogP contribution in [-0.4, -0.2) is 53.1 Å². The van der Waals surface area contributed by atoms with Crippen molar-refractivity contribution in [1.29, 1.82) is 0 Å². The summed E-state index contributed by atoms with van der Waals surface area (Å²) in [5.74, 6) is -1.57. The van der Waals surface area contributed by atoms with Gasteiger partial charge < -0.3 is 15.5 Å². The zero-order chi connectivity index (χ0) is 34.9. The first kappa shape index (κ1) is 45.5. The average molecular weight is 684 g/mol. The molecule has 0 saturated carbocycles.